The molecule has 0 spiro atoms. The number of carbonyl (C=O) groups is 1. The summed E-state index contributed by atoms with van der Waals surface area (Å²) < 4.78 is 7.40. The molecule has 1 aromatic heterocycles. The number of carbonyl (C=O) groups excluding carboxylic acids is 1. The van der Waals surface area contributed by atoms with Crippen molar-refractivity contribution in [2.75, 3.05) is 44.2 Å². The lowest BCUT2D eigenvalue weighted by Crippen LogP contribution is -2.47. The monoisotopic (exact) mass is 467 g/mol. The number of morpholine rings is 1. The van der Waals surface area contributed by atoms with Crippen molar-refractivity contribution in [2.45, 2.75) is 38.5 Å². The molecular weight excluding hydrogens is 441 g/mol. The van der Waals surface area contributed by atoms with Crippen LogP contribution in [0.3, 0.4) is 0 Å². The summed E-state index contributed by atoms with van der Waals surface area (Å²) in [6.07, 6.45) is 3.39. The summed E-state index contributed by atoms with van der Waals surface area (Å²) in [7, 11) is 0. The topological polar surface area (TPSA) is 88.4 Å². The zero-order valence-corrected chi connectivity index (χ0v) is 18.9. The van der Waals surface area contributed by atoms with E-state index in [1.54, 1.807) is 4.68 Å². The molecule has 11 heteroatoms. The number of anilines is 1. The highest BCUT2D eigenvalue weighted by molar-refractivity contribution is 6.42. The largest absolute Gasteiger partial charge is 0.374 e. The third-order valence-corrected chi connectivity index (χ3v) is 6.32. The molecule has 3 heterocycles. The summed E-state index contributed by atoms with van der Waals surface area (Å²) in [4.78, 5) is 16.9. The molecule has 0 unspecified atom stereocenters. The fourth-order valence-corrected chi connectivity index (χ4v) is 4.31. The van der Waals surface area contributed by atoms with Gasteiger partial charge < -0.3 is 15.0 Å². The second-order valence-corrected chi connectivity index (χ2v) is 8.78. The number of aromatic nitrogens is 4. The van der Waals surface area contributed by atoms with Gasteiger partial charge in [0.15, 0.2) is 0 Å². The number of ether oxygens (including phenoxy) is 1. The Bertz CT molecular complexity index is 888. The number of tetrazole rings is 1. The Hall–Kier alpha value is -1.94. The molecule has 1 amide bonds. The molecule has 2 fully saturated rings. The highest BCUT2D eigenvalue weighted by atomic mass is 35.5. The van der Waals surface area contributed by atoms with Gasteiger partial charge in [0, 0.05) is 39.3 Å². The Kier molecular flexibility index (Phi) is 7.60. The van der Waals surface area contributed by atoms with Crippen molar-refractivity contribution in [3.63, 3.8) is 0 Å². The number of hydrogen-bond donors (Lipinski definition) is 1. The van der Waals surface area contributed by atoms with Gasteiger partial charge in [0.05, 0.1) is 22.8 Å². The molecule has 2 saturated heterocycles. The van der Waals surface area contributed by atoms with Crippen LogP contribution in [0.25, 0.3) is 0 Å². The van der Waals surface area contributed by atoms with Crippen LogP contribution in [0.1, 0.15) is 24.8 Å². The first-order chi connectivity index (χ1) is 15.1. The van der Waals surface area contributed by atoms with Crippen molar-refractivity contribution in [3.05, 3.63) is 33.8 Å². The summed E-state index contributed by atoms with van der Waals surface area (Å²) in [5.74, 6) is 0.535. The van der Waals surface area contributed by atoms with Crippen molar-refractivity contribution < 1.29 is 9.53 Å². The summed E-state index contributed by atoms with van der Waals surface area (Å²) >= 11 is 12.1. The molecule has 4 rings (SSSR count). The Morgan fingerprint density at radius 2 is 2.00 bits per heavy atom. The molecule has 2 aromatic rings. The number of piperidine rings is 1. The lowest BCUT2D eigenvalue weighted by molar-refractivity contribution is -0.123. The van der Waals surface area contributed by atoms with E-state index in [0.29, 0.717) is 29.1 Å². The maximum Gasteiger partial charge on any atom is 0.246 e. The molecule has 9 nitrogen and oxygen atoms in total. The van der Waals surface area contributed by atoms with Gasteiger partial charge >= 0.3 is 0 Å². The van der Waals surface area contributed by atoms with Crippen LogP contribution >= 0.6 is 23.2 Å². The first kappa shape index (κ1) is 22.3. The van der Waals surface area contributed by atoms with Crippen molar-refractivity contribution in [2.24, 2.45) is 0 Å². The van der Waals surface area contributed by atoms with Gasteiger partial charge in [-0.1, -0.05) is 34.4 Å². The Balaban J connectivity index is 1.25. The van der Waals surface area contributed by atoms with Gasteiger partial charge in [0.2, 0.25) is 11.9 Å². The van der Waals surface area contributed by atoms with Gasteiger partial charge in [0.1, 0.15) is 6.54 Å². The van der Waals surface area contributed by atoms with Gasteiger partial charge in [-0.05, 0) is 47.4 Å². The van der Waals surface area contributed by atoms with Crippen LogP contribution in [-0.4, -0.2) is 76.4 Å². The van der Waals surface area contributed by atoms with Crippen LogP contribution in [0.2, 0.25) is 10.0 Å². The normalized spacial score (nSPS) is 20.1. The molecule has 0 saturated carbocycles. The van der Waals surface area contributed by atoms with E-state index < -0.39 is 0 Å². The average molecular weight is 468 g/mol. The van der Waals surface area contributed by atoms with E-state index in [9.17, 15) is 4.79 Å². The van der Waals surface area contributed by atoms with E-state index in [1.165, 1.54) is 6.42 Å². The number of amides is 1. The summed E-state index contributed by atoms with van der Waals surface area (Å²) in [6, 6.07) is 5.68. The molecule has 1 atom stereocenters. The second kappa shape index (κ2) is 10.6. The minimum Gasteiger partial charge on any atom is -0.374 e. The van der Waals surface area contributed by atoms with Gasteiger partial charge in [0.25, 0.3) is 0 Å². The van der Waals surface area contributed by atoms with Crippen molar-refractivity contribution in [1.29, 1.82) is 0 Å². The van der Waals surface area contributed by atoms with Gasteiger partial charge in [-0.3, -0.25) is 9.69 Å². The Morgan fingerprint density at radius 3 is 2.81 bits per heavy atom. The smallest absolute Gasteiger partial charge is 0.246 e. The highest BCUT2D eigenvalue weighted by Gasteiger charge is 2.23. The van der Waals surface area contributed by atoms with Crippen LogP contribution < -0.4 is 10.2 Å². The number of benzene rings is 1. The van der Waals surface area contributed by atoms with Gasteiger partial charge in [-0.2, -0.15) is 0 Å². The highest BCUT2D eigenvalue weighted by Crippen LogP contribution is 2.23. The fourth-order valence-electron chi connectivity index (χ4n) is 3.99. The van der Waals surface area contributed by atoms with E-state index in [2.05, 4.69) is 30.6 Å². The first-order valence-electron chi connectivity index (χ1n) is 10.6. The number of rotatable bonds is 7. The maximum atomic E-state index is 12.5. The first-order valence-corrected chi connectivity index (χ1v) is 11.4. The Labute approximate surface area is 191 Å². The van der Waals surface area contributed by atoms with Gasteiger partial charge in [-0.25, -0.2) is 4.68 Å². The lowest BCUT2D eigenvalue weighted by atomic mass is 10.1. The average Bonchev–Trinajstić information content (AvgIpc) is 3.24. The predicted molar refractivity (Wildman–Crippen MR) is 118 cm³/mol. The molecule has 2 aliphatic heterocycles. The maximum absolute atomic E-state index is 12.5. The SMILES string of the molecule is O=C(Cn1nnnc1N1CCCCC1)NC[C@H]1CN(Cc2ccc(Cl)c(Cl)c2)CCO1. The second-order valence-electron chi connectivity index (χ2n) is 7.96. The zero-order chi connectivity index (χ0) is 21.6. The van der Waals surface area contributed by atoms with Crippen molar-refractivity contribution in [3.8, 4) is 0 Å². The molecule has 0 aliphatic carbocycles. The number of nitrogens with zero attached hydrogens (tertiary/aromatic N) is 6. The van der Waals surface area contributed by atoms with Crippen LogP contribution in [-0.2, 0) is 22.6 Å². The fraction of sp³-hybridized carbons (Fsp3) is 0.600. The summed E-state index contributed by atoms with van der Waals surface area (Å²) in [5, 5.41) is 15.9. The van der Waals surface area contributed by atoms with E-state index in [0.717, 1.165) is 51.1 Å². The molecule has 31 heavy (non-hydrogen) atoms. The Morgan fingerprint density at radius 1 is 1.16 bits per heavy atom. The molecule has 2 aliphatic rings. The van der Waals surface area contributed by atoms with E-state index in [1.807, 2.05) is 18.2 Å². The van der Waals surface area contributed by atoms with Crippen molar-refractivity contribution in [1.82, 2.24) is 30.4 Å². The van der Waals surface area contributed by atoms with E-state index >= 15 is 0 Å². The molecule has 0 radical (unpaired) electrons. The number of hydrogen-bond acceptors (Lipinski definition) is 7. The predicted octanol–water partition coefficient (Wildman–Crippen LogP) is 1.99. The molecule has 0 bridgehead atoms. The van der Waals surface area contributed by atoms with Crippen LogP contribution in [0.5, 0.6) is 0 Å². The molecular formula is C20H27Cl2N7O2. The van der Waals surface area contributed by atoms with Crippen LogP contribution in [0, 0.1) is 0 Å². The number of nitrogens with one attached hydrogen (secondary N) is 1. The third kappa shape index (κ3) is 6.06. The zero-order valence-electron chi connectivity index (χ0n) is 17.3. The summed E-state index contributed by atoms with van der Waals surface area (Å²) in [6.45, 7) is 5.32. The number of halogens is 2. The minimum absolute atomic E-state index is 0.0732. The van der Waals surface area contributed by atoms with E-state index in [4.69, 9.17) is 27.9 Å². The lowest BCUT2D eigenvalue weighted by Gasteiger charge is -2.33. The molecule has 168 valence electrons. The minimum atomic E-state index is -0.129. The quantitative estimate of drug-likeness (QED) is 0.665. The van der Waals surface area contributed by atoms with Crippen molar-refractivity contribution >= 4 is 35.1 Å². The van der Waals surface area contributed by atoms with Crippen LogP contribution in [0.4, 0.5) is 5.95 Å². The summed E-state index contributed by atoms with van der Waals surface area (Å²) in [5.41, 5.74) is 1.10. The van der Waals surface area contributed by atoms with Gasteiger partial charge in [-0.15, -0.1) is 0 Å². The standard InChI is InChI=1S/C20H27Cl2N7O2/c21-17-5-4-15(10-18(17)22)12-27-8-9-31-16(13-27)11-23-19(30)14-29-20(24-25-26-29)28-6-2-1-3-7-28/h4-5,10,16H,1-3,6-9,11-14H2,(H,23,30)/t16-/m0/s1. The molecule has 1 N–H and O–H groups in total. The third-order valence-electron chi connectivity index (χ3n) is 5.59. The van der Waals surface area contributed by atoms with E-state index in [-0.39, 0.29) is 18.6 Å². The molecule has 1 aromatic carbocycles. The van der Waals surface area contributed by atoms with Crippen LogP contribution in [0.15, 0.2) is 18.2 Å².